The van der Waals surface area contributed by atoms with Crippen LogP contribution in [0.1, 0.15) is 6.92 Å². The monoisotopic (exact) mass is 436 g/mol. The van der Waals surface area contributed by atoms with Gasteiger partial charge in [0.05, 0.1) is 12.7 Å². The summed E-state index contributed by atoms with van der Waals surface area (Å²) in [6.45, 7) is 2.39. The first-order chi connectivity index (χ1) is 10.6. The topological polar surface area (TPSA) is 128 Å². The fourth-order valence-corrected chi connectivity index (χ4v) is 2.22. The smallest absolute Gasteiger partial charge is 0.494 e. The van der Waals surface area contributed by atoms with Gasteiger partial charge in [-0.2, -0.15) is 6.67 Å². The van der Waals surface area contributed by atoms with E-state index in [0.717, 1.165) is 11.5 Å². The summed E-state index contributed by atoms with van der Waals surface area (Å²) in [5, 5.41) is 25.8. The second-order valence-corrected chi connectivity index (χ2v) is 5.11. The van der Waals surface area contributed by atoms with E-state index in [0.29, 0.717) is 11.5 Å². The number of aromatic nitrogens is 2. The summed E-state index contributed by atoms with van der Waals surface area (Å²) in [6, 6.07) is 0. The number of carbonyl (C=O) groups is 1. The minimum absolute atomic E-state index is 0. The number of rotatable bonds is 3. The Morgan fingerprint density at radius 3 is 2.17 bits per heavy atom. The zero-order valence-corrected chi connectivity index (χ0v) is 15.2. The number of aliphatic carboxylic acids is 1. The summed E-state index contributed by atoms with van der Waals surface area (Å²) >= 11 is 0. The summed E-state index contributed by atoms with van der Waals surface area (Å²) in [5.74, 6) is -0.363. The maximum atomic E-state index is 12.2. The molecule has 1 aliphatic rings. The van der Waals surface area contributed by atoms with Crippen LogP contribution in [0.15, 0.2) is 9.59 Å². The molecule has 0 amide bonds. The van der Waals surface area contributed by atoms with E-state index in [2.05, 4.69) is 0 Å². The molecule has 0 radical (unpaired) electrons. The molecule has 0 saturated heterocycles. The molecular formula is C13H21AgN4O6. The van der Waals surface area contributed by atoms with Crippen LogP contribution in [-0.2, 0) is 41.3 Å². The van der Waals surface area contributed by atoms with Gasteiger partial charge >= 0.3 is 28.1 Å². The third kappa shape index (κ3) is 4.71. The second kappa shape index (κ2) is 9.04. The van der Waals surface area contributed by atoms with E-state index in [9.17, 15) is 14.7 Å². The van der Waals surface area contributed by atoms with Crippen LogP contribution in [0.5, 0.6) is 0 Å². The predicted molar refractivity (Wildman–Crippen MR) is 83.4 cm³/mol. The van der Waals surface area contributed by atoms with Crippen LogP contribution in [0, 0.1) is 6.67 Å². The van der Waals surface area contributed by atoms with E-state index < -0.39 is 29.9 Å². The number of aliphatic hydroxyl groups excluding tert-OH is 2. The van der Waals surface area contributed by atoms with Crippen molar-refractivity contribution in [3.05, 3.63) is 27.5 Å². The Labute approximate surface area is 154 Å². The summed E-state index contributed by atoms with van der Waals surface area (Å²) in [4.78, 5) is 36.2. The van der Waals surface area contributed by atoms with Gasteiger partial charge < -0.3 is 25.1 Å². The number of hydrogen-bond acceptors (Lipinski definition) is 7. The number of aliphatic hydroxyl groups is 2. The van der Waals surface area contributed by atoms with Crippen molar-refractivity contribution >= 4 is 17.5 Å². The van der Waals surface area contributed by atoms with E-state index >= 15 is 0 Å². The molecule has 24 heavy (non-hydrogen) atoms. The van der Waals surface area contributed by atoms with Gasteiger partial charge in [-0.15, -0.1) is 0 Å². The Hall–Kier alpha value is -1.59. The second-order valence-electron chi connectivity index (χ2n) is 5.11. The molecule has 0 bridgehead atoms. The van der Waals surface area contributed by atoms with E-state index in [4.69, 9.17) is 15.0 Å². The number of β-amino-alcohol motifs (C(OH)–C–C–N with tert-alkyl or cyclic N) is 1. The van der Waals surface area contributed by atoms with Crippen molar-refractivity contribution < 1.29 is 42.5 Å². The van der Waals surface area contributed by atoms with Gasteiger partial charge in [-0.1, -0.05) is 0 Å². The Morgan fingerprint density at radius 1 is 1.21 bits per heavy atom. The number of hydrogen-bond donors (Lipinski definition) is 3. The largest absolute Gasteiger partial charge is 1.00 e. The van der Waals surface area contributed by atoms with E-state index in [1.807, 2.05) is 0 Å². The molecule has 0 aliphatic carbocycles. The summed E-state index contributed by atoms with van der Waals surface area (Å²) in [6.07, 6.45) is -0.961. The minimum atomic E-state index is -0.961. The van der Waals surface area contributed by atoms with Gasteiger partial charge in [-0.3, -0.25) is 18.7 Å². The summed E-state index contributed by atoms with van der Waals surface area (Å²) in [7, 11) is 4.70. The average molecular weight is 437 g/mol. The number of nitrogens with zero attached hydrogens (tertiary/aromatic N) is 4. The first-order valence-electron chi connectivity index (χ1n) is 6.74. The quantitative estimate of drug-likeness (QED) is 0.363. The van der Waals surface area contributed by atoms with Crippen molar-refractivity contribution in [2.24, 2.45) is 14.1 Å². The van der Waals surface area contributed by atoms with E-state index in [1.165, 1.54) is 16.5 Å². The van der Waals surface area contributed by atoms with Crippen LogP contribution < -0.4 is 21.0 Å². The third-order valence-corrected chi connectivity index (χ3v) is 3.16. The summed E-state index contributed by atoms with van der Waals surface area (Å²) in [5.41, 5.74) is -0.517. The molecule has 1 aromatic heterocycles. The van der Waals surface area contributed by atoms with Crippen LogP contribution in [0.25, 0.3) is 0 Å². The molecule has 140 valence electrons. The molecule has 1 atom stereocenters. The van der Waals surface area contributed by atoms with Gasteiger partial charge in [-0.25, -0.2) is 4.79 Å². The van der Waals surface area contributed by atoms with Crippen molar-refractivity contribution in [3.8, 4) is 0 Å². The molecule has 3 N–H and O–H groups in total. The van der Waals surface area contributed by atoms with E-state index in [1.54, 1.807) is 25.7 Å². The number of fused-ring (bicyclic) bond motifs is 1. The molecule has 11 heteroatoms. The fraction of sp³-hybridized carbons (Fsp3) is 0.538. The summed E-state index contributed by atoms with van der Waals surface area (Å²) < 4.78 is 2.39. The van der Waals surface area contributed by atoms with Gasteiger partial charge in [0.1, 0.15) is 11.5 Å². The van der Waals surface area contributed by atoms with Crippen LogP contribution >= 0.6 is 0 Å². The molecule has 2 rings (SSSR count). The molecule has 0 spiro atoms. The van der Waals surface area contributed by atoms with Crippen LogP contribution in [0.2, 0.25) is 0 Å². The molecular weight excluding hydrogens is 416 g/mol. The van der Waals surface area contributed by atoms with Crippen LogP contribution in [0.3, 0.4) is 0 Å². The molecule has 1 aromatic rings. The van der Waals surface area contributed by atoms with Crippen molar-refractivity contribution in [3.63, 3.8) is 0 Å². The maximum Gasteiger partial charge on any atom is 1.00 e. The van der Waals surface area contributed by atoms with Gasteiger partial charge in [0.2, 0.25) is 0 Å². The van der Waals surface area contributed by atoms with Crippen molar-refractivity contribution in [2.75, 3.05) is 30.0 Å². The Kier molecular flexibility index (Phi) is 8.44. The fourth-order valence-electron chi connectivity index (χ4n) is 2.22. The molecule has 0 fully saturated rings. The number of carboxylic acids is 1. The van der Waals surface area contributed by atoms with Crippen LogP contribution in [0.4, 0.5) is 11.5 Å². The first-order valence-corrected chi connectivity index (χ1v) is 6.74. The van der Waals surface area contributed by atoms with Crippen molar-refractivity contribution in [1.82, 2.24) is 9.13 Å². The minimum Gasteiger partial charge on any atom is -0.494 e. The standard InChI is InChI=1S/C11H17N4O4.C2H4O2.Ag/c1-12-6-15(4-7(17)5-16)8-9(12)13(2)11(19)14(3)10(8)18;1-2(3)4;/h6-7,16-17H,4-5H2,1-3H3;1H3,(H,3,4);/q-1;;+1. The molecule has 0 saturated carbocycles. The predicted octanol–water partition coefficient (Wildman–Crippen LogP) is -2.10. The van der Waals surface area contributed by atoms with Gasteiger partial charge in [0.25, 0.3) is 11.5 Å². The first kappa shape index (κ1) is 22.4. The third-order valence-electron chi connectivity index (χ3n) is 3.16. The zero-order valence-electron chi connectivity index (χ0n) is 13.7. The normalized spacial score (nSPS) is 13.6. The average Bonchev–Trinajstić information content (AvgIpc) is 2.78. The van der Waals surface area contributed by atoms with Gasteiger partial charge in [0.15, 0.2) is 0 Å². The van der Waals surface area contributed by atoms with Gasteiger partial charge in [0, 0.05) is 27.6 Å². The molecule has 2 heterocycles. The Balaban J connectivity index is 0.000000954. The molecule has 0 aromatic carbocycles. The maximum absolute atomic E-state index is 12.2. The molecule has 1 aliphatic heterocycles. The zero-order chi connectivity index (χ0) is 17.9. The SMILES string of the molecule is CC(=O)O.CN1[CH-]N(CC(O)CO)c2c1n(C)c(=O)n(C)c2=O.[Ag+]. The number of carboxylic acid groups (broad SMARTS) is 1. The van der Waals surface area contributed by atoms with Gasteiger partial charge in [-0.05, 0) is 7.05 Å². The number of anilines is 2. The molecule has 1 unspecified atom stereocenters. The Bertz CT molecular complexity index is 697. The van der Waals surface area contributed by atoms with E-state index in [-0.39, 0.29) is 28.9 Å². The molecule has 10 nitrogen and oxygen atoms in total. The van der Waals surface area contributed by atoms with Crippen molar-refractivity contribution in [1.29, 1.82) is 0 Å². The Morgan fingerprint density at radius 2 is 1.71 bits per heavy atom. The van der Waals surface area contributed by atoms with Crippen LogP contribution in [-0.4, -0.2) is 56.7 Å². The van der Waals surface area contributed by atoms with Crippen molar-refractivity contribution in [2.45, 2.75) is 13.0 Å².